The van der Waals surface area contributed by atoms with Crippen molar-refractivity contribution in [1.82, 2.24) is 5.32 Å². The van der Waals surface area contributed by atoms with Crippen LogP contribution in [0.1, 0.15) is 35.6 Å². The largest absolute Gasteiger partial charge is 0.493 e. The van der Waals surface area contributed by atoms with Crippen LogP contribution in [0.3, 0.4) is 0 Å². The van der Waals surface area contributed by atoms with Crippen molar-refractivity contribution >= 4 is 12.0 Å². The summed E-state index contributed by atoms with van der Waals surface area (Å²) in [6, 6.07) is 14.0. The summed E-state index contributed by atoms with van der Waals surface area (Å²) in [6.45, 7) is 4.05. The van der Waals surface area contributed by atoms with Gasteiger partial charge in [0, 0.05) is 6.08 Å². The minimum Gasteiger partial charge on any atom is -0.493 e. The van der Waals surface area contributed by atoms with Crippen molar-refractivity contribution in [2.75, 3.05) is 13.7 Å². The summed E-state index contributed by atoms with van der Waals surface area (Å²) in [5.41, 5.74) is 3.44. The minimum absolute atomic E-state index is 0.0799. The van der Waals surface area contributed by atoms with Crippen molar-refractivity contribution in [3.05, 3.63) is 77.9 Å². The molecule has 1 amide bonds. The van der Waals surface area contributed by atoms with E-state index in [1.54, 1.807) is 25.3 Å². The van der Waals surface area contributed by atoms with Gasteiger partial charge in [0.05, 0.1) is 13.2 Å². The number of aryl methyl sites for hydroxylation is 1. The molecule has 3 rings (SSSR count). The number of hydrogen-bond donors (Lipinski definition) is 1. The Morgan fingerprint density at radius 3 is 2.93 bits per heavy atom. The predicted octanol–water partition coefficient (Wildman–Crippen LogP) is 4.47. The van der Waals surface area contributed by atoms with Crippen LogP contribution in [0.4, 0.5) is 0 Å². The van der Waals surface area contributed by atoms with Gasteiger partial charge >= 0.3 is 0 Å². The fourth-order valence-electron chi connectivity index (χ4n) is 3.35. The van der Waals surface area contributed by atoms with Crippen LogP contribution < -0.4 is 14.8 Å². The van der Waals surface area contributed by atoms with E-state index in [-0.39, 0.29) is 11.9 Å². The Hall–Kier alpha value is -3.01. The SMILES string of the molecule is C=CCOc1ccc(/C=C/C(=O)N[C@H]2CCCc3ccccc32)cc1OC. The van der Waals surface area contributed by atoms with E-state index in [2.05, 4.69) is 30.1 Å². The number of benzene rings is 2. The van der Waals surface area contributed by atoms with Crippen molar-refractivity contribution in [1.29, 1.82) is 0 Å². The molecule has 1 aliphatic rings. The molecule has 0 bridgehead atoms. The van der Waals surface area contributed by atoms with Gasteiger partial charge in [-0.15, -0.1) is 0 Å². The molecule has 0 radical (unpaired) electrons. The van der Waals surface area contributed by atoms with Gasteiger partial charge in [-0.2, -0.15) is 0 Å². The molecule has 1 atom stereocenters. The zero-order valence-corrected chi connectivity index (χ0v) is 15.6. The van der Waals surface area contributed by atoms with Gasteiger partial charge in [-0.25, -0.2) is 0 Å². The Morgan fingerprint density at radius 1 is 1.26 bits per heavy atom. The van der Waals surface area contributed by atoms with Crippen LogP contribution in [0.15, 0.2) is 61.2 Å². The van der Waals surface area contributed by atoms with Crippen LogP contribution in [0.25, 0.3) is 6.08 Å². The normalized spacial score (nSPS) is 15.8. The minimum atomic E-state index is -0.0948. The molecular weight excluding hydrogens is 338 g/mol. The lowest BCUT2D eigenvalue weighted by atomic mass is 9.88. The highest BCUT2D eigenvalue weighted by molar-refractivity contribution is 5.92. The van der Waals surface area contributed by atoms with Crippen LogP contribution >= 0.6 is 0 Å². The van der Waals surface area contributed by atoms with E-state index in [0.29, 0.717) is 18.1 Å². The fraction of sp³-hybridized carbons (Fsp3) is 0.261. The van der Waals surface area contributed by atoms with Crippen LogP contribution in [-0.2, 0) is 11.2 Å². The van der Waals surface area contributed by atoms with E-state index >= 15 is 0 Å². The second-order valence-corrected chi connectivity index (χ2v) is 6.50. The van der Waals surface area contributed by atoms with Gasteiger partial charge in [0.15, 0.2) is 11.5 Å². The zero-order valence-electron chi connectivity index (χ0n) is 15.6. The van der Waals surface area contributed by atoms with E-state index < -0.39 is 0 Å². The molecule has 0 saturated heterocycles. The summed E-state index contributed by atoms with van der Waals surface area (Å²) in [5.74, 6) is 1.18. The van der Waals surface area contributed by atoms with Crippen LogP contribution in [0.5, 0.6) is 11.5 Å². The third-order valence-corrected chi connectivity index (χ3v) is 4.66. The van der Waals surface area contributed by atoms with Crippen LogP contribution in [0, 0.1) is 0 Å². The molecular formula is C23H25NO3. The van der Waals surface area contributed by atoms with E-state index in [9.17, 15) is 4.79 Å². The lowest BCUT2D eigenvalue weighted by Gasteiger charge is -2.25. The predicted molar refractivity (Wildman–Crippen MR) is 108 cm³/mol. The Kier molecular flexibility index (Phi) is 6.31. The molecule has 0 aliphatic heterocycles. The fourth-order valence-corrected chi connectivity index (χ4v) is 3.35. The number of carbonyl (C=O) groups is 1. The summed E-state index contributed by atoms with van der Waals surface area (Å²) < 4.78 is 10.9. The van der Waals surface area contributed by atoms with Gasteiger partial charge in [-0.1, -0.05) is 43.0 Å². The third kappa shape index (κ3) is 4.79. The quantitative estimate of drug-likeness (QED) is 0.583. The number of amides is 1. The molecule has 1 N–H and O–H groups in total. The maximum atomic E-state index is 12.4. The number of ether oxygens (including phenoxy) is 2. The summed E-state index contributed by atoms with van der Waals surface area (Å²) in [6.07, 6.45) is 8.17. The van der Waals surface area contributed by atoms with Crippen molar-refractivity contribution in [2.45, 2.75) is 25.3 Å². The van der Waals surface area contributed by atoms with E-state index in [1.165, 1.54) is 11.1 Å². The molecule has 0 saturated carbocycles. The van der Waals surface area contributed by atoms with Crippen molar-refractivity contribution in [2.24, 2.45) is 0 Å². The van der Waals surface area contributed by atoms with Gasteiger partial charge in [-0.3, -0.25) is 4.79 Å². The molecule has 4 heteroatoms. The molecule has 27 heavy (non-hydrogen) atoms. The summed E-state index contributed by atoms with van der Waals surface area (Å²) >= 11 is 0. The van der Waals surface area contributed by atoms with Crippen molar-refractivity contribution < 1.29 is 14.3 Å². The Labute approximate surface area is 160 Å². The zero-order chi connectivity index (χ0) is 19.1. The Balaban J connectivity index is 1.66. The van der Waals surface area contributed by atoms with Crippen LogP contribution in [-0.4, -0.2) is 19.6 Å². The first kappa shape index (κ1) is 18.8. The van der Waals surface area contributed by atoms with E-state index in [1.807, 2.05) is 24.3 Å². The number of nitrogens with one attached hydrogen (secondary N) is 1. The highest BCUT2D eigenvalue weighted by atomic mass is 16.5. The van der Waals surface area contributed by atoms with Gasteiger partial charge in [0.1, 0.15) is 6.61 Å². The standard InChI is InChI=1S/C23H25NO3/c1-3-15-27-21-13-11-17(16-22(21)26-2)12-14-23(25)24-20-10-6-8-18-7-4-5-9-19(18)20/h3-5,7,9,11-14,16,20H,1,6,8,10,15H2,2H3,(H,24,25)/b14-12+/t20-/m0/s1. The molecule has 2 aromatic carbocycles. The first-order chi connectivity index (χ1) is 13.2. The third-order valence-electron chi connectivity index (χ3n) is 4.66. The number of rotatable bonds is 7. The van der Waals surface area contributed by atoms with Crippen molar-refractivity contribution in [3.63, 3.8) is 0 Å². The van der Waals surface area contributed by atoms with Gasteiger partial charge in [-0.05, 0) is 54.2 Å². The summed E-state index contributed by atoms with van der Waals surface area (Å²) in [7, 11) is 1.59. The first-order valence-corrected chi connectivity index (χ1v) is 9.19. The molecule has 4 nitrogen and oxygen atoms in total. The topological polar surface area (TPSA) is 47.6 Å². The highest BCUT2D eigenvalue weighted by Crippen LogP contribution is 2.30. The molecule has 0 fully saturated rings. The van der Waals surface area contributed by atoms with Gasteiger partial charge < -0.3 is 14.8 Å². The lowest BCUT2D eigenvalue weighted by Crippen LogP contribution is -2.29. The molecule has 2 aromatic rings. The van der Waals surface area contributed by atoms with Gasteiger partial charge in [0.25, 0.3) is 0 Å². The number of carbonyl (C=O) groups excluding carboxylic acids is 1. The first-order valence-electron chi connectivity index (χ1n) is 9.19. The smallest absolute Gasteiger partial charge is 0.244 e. The molecule has 0 aromatic heterocycles. The summed E-state index contributed by atoms with van der Waals surface area (Å²) in [5, 5.41) is 3.12. The van der Waals surface area contributed by atoms with E-state index in [4.69, 9.17) is 9.47 Å². The molecule has 140 valence electrons. The van der Waals surface area contributed by atoms with Gasteiger partial charge in [0.2, 0.25) is 5.91 Å². The average Bonchev–Trinajstić information content (AvgIpc) is 2.71. The average molecular weight is 363 g/mol. The Bertz CT molecular complexity index is 841. The maximum absolute atomic E-state index is 12.4. The molecule has 0 unspecified atom stereocenters. The number of methoxy groups -OCH3 is 1. The highest BCUT2D eigenvalue weighted by Gasteiger charge is 2.20. The van der Waals surface area contributed by atoms with Crippen LogP contribution in [0.2, 0.25) is 0 Å². The lowest BCUT2D eigenvalue weighted by molar-refractivity contribution is -0.117. The molecule has 0 spiro atoms. The second kappa shape index (κ2) is 9.08. The second-order valence-electron chi connectivity index (χ2n) is 6.50. The Morgan fingerprint density at radius 2 is 2.11 bits per heavy atom. The number of hydrogen-bond acceptors (Lipinski definition) is 3. The number of fused-ring (bicyclic) bond motifs is 1. The molecule has 0 heterocycles. The summed E-state index contributed by atoms with van der Waals surface area (Å²) in [4.78, 5) is 12.4. The van der Waals surface area contributed by atoms with Crippen molar-refractivity contribution in [3.8, 4) is 11.5 Å². The van der Waals surface area contributed by atoms with E-state index in [0.717, 1.165) is 24.8 Å². The molecule has 1 aliphatic carbocycles. The monoisotopic (exact) mass is 363 g/mol. The maximum Gasteiger partial charge on any atom is 0.244 e.